The van der Waals surface area contributed by atoms with Crippen molar-refractivity contribution in [2.45, 2.75) is 13.1 Å². The van der Waals surface area contributed by atoms with Gasteiger partial charge in [-0.1, -0.05) is 18.2 Å². The molecule has 0 aliphatic heterocycles. The molecule has 1 heterocycles. The first-order valence-electron chi connectivity index (χ1n) is 5.33. The van der Waals surface area contributed by atoms with Crippen LogP contribution in [0.5, 0.6) is 5.75 Å². The summed E-state index contributed by atoms with van der Waals surface area (Å²) in [6.45, 7) is 1.77. The summed E-state index contributed by atoms with van der Waals surface area (Å²) >= 11 is 0. The molecular weight excluding hydrogens is 200 g/mol. The third-order valence-corrected chi connectivity index (χ3v) is 2.39. The van der Waals surface area contributed by atoms with Gasteiger partial charge in [0.15, 0.2) is 0 Å². The number of benzene rings is 1. The zero-order valence-electron chi connectivity index (χ0n) is 9.00. The van der Waals surface area contributed by atoms with Crippen molar-refractivity contribution in [2.24, 2.45) is 0 Å². The van der Waals surface area contributed by atoms with Gasteiger partial charge in [-0.2, -0.15) is 0 Å². The highest BCUT2D eigenvalue weighted by Crippen LogP contribution is 2.09. The minimum absolute atomic E-state index is 0.326. The number of pyridine rings is 1. The van der Waals surface area contributed by atoms with Gasteiger partial charge >= 0.3 is 0 Å². The van der Waals surface area contributed by atoms with E-state index in [2.05, 4.69) is 16.4 Å². The molecule has 0 fully saturated rings. The largest absolute Gasteiger partial charge is 0.508 e. The predicted molar refractivity (Wildman–Crippen MR) is 61.7 cm³/mol. The monoisotopic (exact) mass is 215 g/mol. The van der Waals surface area contributed by atoms with Crippen molar-refractivity contribution in [3.8, 4) is 5.75 Å². The van der Waals surface area contributed by atoms with Crippen LogP contribution in [-0.2, 0) is 13.1 Å². The predicted octanol–water partition coefficient (Wildman–Crippen LogP) is 1.05. The summed E-state index contributed by atoms with van der Waals surface area (Å²) in [7, 11) is 0. The third kappa shape index (κ3) is 3.07. The number of phenols is 1. The number of aromatic hydroxyl groups is 1. The number of phenolic OH excluding ortho intramolecular Hbond substituents is 1. The van der Waals surface area contributed by atoms with Crippen LogP contribution in [0.4, 0.5) is 0 Å². The van der Waals surface area contributed by atoms with Gasteiger partial charge in [0.1, 0.15) is 18.8 Å². The molecule has 2 rings (SSSR count). The zero-order valence-corrected chi connectivity index (χ0v) is 9.00. The highest BCUT2D eigenvalue weighted by molar-refractivity contribution is 5.26. The van der Waals surface area contributed by atoms with Gasteiger partial charge in [-0.05, 0) is 18.2 Å². The van der Waals surface area contributed by atoms with Crippen molar-refractivity contribution < 1.29 is 10.4 Å². The van der Waals surface area contributed by atoms with E-state index in [0.717, 1.165) is 18.7 Å². The molecule has 3 heteroatoms. The molecular formula is C13H15N2O+. The Morgan fingerprint density at radius 3 is 2.62 bits per heavy atom. The summed E-state index contributed by atoms with van der Waals surface area (Å²) < 4.78 is 0. The van der Waals surface area contributed by atoms with Crippen LogP contribution in [-0.4, -0.2) is 10.1 Å². The second-order valence-electron chi connectivity index (χ2n) is 3.73. The number of nitrogens with two attached hydrogens (primary N) is 1. The SMILES string of the molecule is Oc1cccc(C[NH2+]Cc2cccnc2)c1. The average Bonchev–Trinajstić information content (AvgIpc) is 2.30. The minimum Gasteiger partial charge on any atom is -0.508 e. The first-order valence-corrected chi connectivity index (χ1v) is 5.33. The summed E-state index contributed by atoms with van der Waals surface area (Å²) in [5.41, 5.74) is 2.34. The van der Waals surface area contributed by atoms with Gasteiger partial charge in [0.2, 0.25) is 0 Å². The molecule has 0 bridgehead atoms. The van der Waals surface area contributed by atoms with Crippen LogP contribution in [0.3, 0.4) is 0 Å². The van der Waals surface area contributed by atoms with Crippen molar-refractivity contribution in [3.05, 3.63) is 59.9 Å². The van der Waals surface area contributed by atoms with Crippen LogP contribution in [0, 0.1) is 0 Å². The minimum atomic E-state index is 0.326. The number of nitrogens with zero attached hydrogens (tertiary/aromatic N) is 1. The second kappa shape index (κ2) is 5.28. The number of rotatable bonds is 4. The maximum absolute atomic E-state index is 9.31. The topological polar surface area (TPSA) is 49.7 Å². The second-order valence-corrected chi connectivity index (χ2v) is 3.73. The van der Waals surface area contributed by atoms with E-state index in [-0.39, 0.29) is 0 Å². The van der Waals surface area contributed by atoms with E-state index in [4.69, 9.17) is 0 Å². The van der Waals surface area contributed by atoms with Gasteiger partial charge in [-0.3, -0.25) is 4.98 Å². The first kappa shape index (κ1) is 10.6. The van der Waals surface area contributed by atoms with Crippen LogP contribution in [0.15, 0.2) is 48.8 Å². The summed E-state index contributed by atoms with van der Waals surface area (Å²) in [6, 6.07) is 11.4. The maximum Gasteiger partial charge on any atom is 0.116 e. The maximum atomic E-state index is 9.31. The van der Waals surface area contributed by atoms with E-state index in [1.54, 1.807) is 18.3 Å². The fraction of sp³-hybridized carbons (Fsp3) is 0.154. The average molecular weight is 215 g/mol. The van der Waals surface area contributed by atoms with E-state index in [9.17, 15) is 5.11 Å². The number of hydrogen-bond acceptors (Lipinski definition) is 2. The lowest BCUT2D eigenvalue weighted by Crippen LogP contribution is -2.80. The molecule has 0 saturated heterocycles. The van der Waals surface area contributed by atoms with E-state index in [1.807, 2.05) is 24.4 Å². The smallest absolute Gasteiger partial charge is 0.116 e. The van der Waals surface area contributed by atoms with Crippen LogP contribution < -0.4 is 5.32 Å². The molecule has 1 aromatic carbocycles. The Bertz CT molecular complexity index is 443. The van der Waals surface area contributed by atoms with Crippen molar-refractivity contribution in [3.63, 3.8) is 0 Å². The molecule has 3 N–H and O–H groups in total. The molecule has 2 aromatic rings. The highest BCUT2D eigenvalue weighted by Gasteiger charge is 1.98. The molecule has 0 spiro atoms. The third-order valence-electron chi connectivity index (χ3n) is 2.39. The van der Waals surface area contributed by atoms with Crippen molar-refractivity contribution in [1.82, 2.24) is 4.98 Å². The Kier molecular flexibility index (Phi) is 3.51. The normalized spacial score (nSPS) is 10.2. The molecule has 0 aliphatic rings. The van der Waals surface area contributed by atoms with E-state index in [1.165, 1.54) is 5.56 Å². The molecule has 0 unspecified atom stereocenters. The lowest BCUT2D eigenvalue weighted by molar-refractivity contribution is -0.686. The van der Waals surface area contributed by atoms with Gasteiger partial charge in [0.25, 0.3) is 0 Å². The number of hydrogen-bond donors (Lipinski definition) is 2. The lowest BCUT2D eigenvalue weighted by atomic mass is 10.2. The van der Waals surface area contributed by atoms with E-state index in [0.29, 0.717) is 5.75 Å². The van der Waals surface area contributed by atoms with Crippen molar-refractivity contribution in [2.75, 3.05) is 0 Å². The van der Waals surface area contributed by atoms with Gasteiger partial charge in [0, 0.05) is 23.5 Å². The summed E-state index contributed by atoms with van der Waals surface area (Å²) in [4.78, 5) is 4.06. The van der Waals surface area contributed by atoms with Crippen molar-refractivity contribution >= 4 is 0 Å². The molecule has 0 amide bonds. The Morgan fingerprint density at radius 1 is 1.06 bits per heavy atom. The Morgan fingerprint density at radius 2 is 1.88 bits per heavy atom. The Hall–Kier alpha value is -1.87. The lowest BCUT2D eigenvalue weighted by Gasteiger charge is -2.02. The van der Waals surface area contributed by atoms with Gasteiger partial charge in [-0.15, -0.1) is 0 Å². The zero-order chi connectivity index (χ0) is 11.2. The molecule has 3 nitrogen and oxygen atoms in total. The molecule has 82 valence electrons. The number of aromatic nitrogens is 1. The van der Waals surface area contributed by atoms with Gasteiger partial charge < -0.3 is 10.4 Å². The summed E-state index contributed by atoms with van der Waals surface area (Å²) in [5.74, 6) is 0.326. The van der Waals surface area contributed by atoms with Crippen LogP contribution >= 0.6 is 0 Å². The summed E-state index contributed by atoms with van der Waals surface area (Å²) in [6.07, 6.45) is 3.65. The molecule has 16 heavy (non-hydrogen) atoms. The molecule has 0 radical (unpaired) electrons. The molecule has 0 atom stereocenters. The van der Waals surface area contributed by atoms with Crippen molar-refractivity contribution in [1.29, 1.82) is 0 Å². The van der Waals surface area contributed by atoms with Crippen LogP contribution in [0.25, 0.3) is 0 Å². The van der Waals surface area contributed by atoms with E-state index < -0.39 is 0 Å². The highest BCUT2D eigenvalue weighted by atomic mass is 16.3. The standard InChI is InChI=1S/C13H14N2O/c16-13-5-1-3-11(7-13)8-15-10-12-4-2-6-14-9-12/h1-7,9,15-16H,8,10H2/p+1. The molecule has 0 aliphatic carbocycles. The van der Waals surface area contributed by atoms with E-state index >= 15 is 0 Å². The Balaban J connectivity index is 1.85. The summed E-state index contributed by atoms with van der Waals surface area (Å²) in [5, 5.41) is 11.5. The Labute approximate surface area is 94.8 Å². The van der Waals surface area contributed by atoms with Gasteiger partial charge in [0.05, 0.1) is 0 Å². The van der Waals surface area contributed by atoms with Crippen LogP contribution in [0.1, 0.15) is 11.1 Å². The molecule has 0 saturated carbocycles. The first-order chi connectivity index (χ1) is 7.84. The fourth-order valence-corrected chi connectivity index (χ4v) is 1.61. The quantitative estimate of drug-likeness (QED) is 0.801. The van der Waals surface area contributed by atoms with Gasteiger partial charge in [-0.25, -0.2) is 0 Å². The van der Waals surface area contributed by atoms with Crippen LogP contribution in [0.2, 0.25) is 0 Å². The molecule has 1 aromatic heterocycles. The fourth-order valence-electron chi connectivity index (χ4n) is 1.61. The number of quaternary nitrogens is 1.